The molecule has 136 valence electrons. The SMILES string of the molecule is C=C(c1ccc(-c2ccc(Cl)cc2)cc1)C1COC2(CCCCC2)OO1. The van der Waals surface area contributed by atoms with Crippen LogP contribution in [-0.4, -0.2) is 18.5 Å². The summed E-state index contributed by atoms with van der Waals surface area (Å²) >= 11 is 5.96. The largest absolute Gasteiger partial charge is 0.344 e. The summed E-state index contributed by atoms with van der Waals surface area (Å²) in [5.74, 6) is -0.534. The normalized spacial score (nSPS) is 22.3. The van der Waals surface area contributed by atoms with Crippen molar-refractivity contribution in [3.05, 3.63) is 65.7 Å². The average Bonchev–Trinajstić information content (AvgIpc) is 2.69. The van der Waals surface area contributed by atoms with E-state index in [1.165, 1.54) is 6.42 Å². The van der Waals surface area contributed by atoms with Gasteiger partial charge < -0.3 is 4.74 Å². The second kappa shape index (κ2) is 7.53. The van der Waals surface area contributed by atoms with E-state index in [9.17, 15) is 0 Å². The summed E-state index contributed by atoms with van der Waals surface area (Å²) in [5.41, 5.74) is 4.17. The molecular weight excluding hydrogens is 348 g/mol. The maximum atomic E-state index is 6.05. The Hall–Kier alpha value is -1.65. The van der Waals surface area contributed by atoms with Crippen LogP contribution in [0.25, 0.3) is 16.7 Å². The van der Waals surface area contributed by atoms with Crippen LogP contribution in [0.5, 0.6) is 0 Å². The summed E-state index contributed by atoms with van der Waals surface area (Å²) in [7, 11) is 0. The van der Waals surface area contributed by atoms with Gasteiger partial charge in [0.15, 0.2) is 0 Å². The van der Waals surface area contributed by atoms with Gasteiger partial charge in [0, 0.05) is 17.9 Å². The van der Waals surface area contributed by atoms with E-state index in [-0.39, 0.29) is 6.10 Å². The maximum absolute atomic E-state index is 6.05. The second-order valence-electron chi connectivity index (χ2n) is 7.06. The number of hydrogen-bond donors (Lipinski definition) is 0. The fourth-order valence-electron chi connectivity index (χ4n) is 3.61. The van der Waals surface area contributed by atoms with E-state index in [0.29, 0.717) is 6.61 Å². The molecule has 0 bridgehead atoms. The van der Waals surface area contributed by atoms with Gasteiger partial charge in [-0.1, -0.05) is 61.0 Å². The molecule has 2 aliphatic rings. The van der Waals surface area contributed by atoms with Crippen molar-refractivity contribution in [1.29, 1.82) is 0 Å². The van der Waals surface area contributed by atoms with Crippen LogP contribution in [0.15, 0.2) is 55.1 Å². The zero-order valence-electron chi connectivity index (χ0n) is 14.7. The van der Waals surface area contributed by atoms with Crippen molar-refractivity contribution in [2.75, 3.05) is 6.61 Å². The molecule has 3 nitrogen and oxygen atoms in total. The van der Waals surface area contributed by atoms with Crippen molar-refractivity contribution in [3.63, 3.8) is 0 Å². The summed E-state index contributed by atoms with van der Waals surface area (Å²) in [4.78, 5) is 11.3. The minimum atomic E-state index is -0.534. The zero-order valence-corrected chi connectivity index (χ0v) is 15.5. The smallest absolute Gasteiger partial charge is 0.201 e. The third-order valence-corrected chi connectivity index (χ3v) is 5.50. The highest BCUT2D eigenvalue weighted by Gasteiger charge is 2.41. The molecular formula is C22H23ClO3. The number of halogens is 1. The summed E-state index contributed by atoms with van der Waals surface area (Å²) in [6, 6.07) is 16.1. The van der Waals surface area contributed by atoms with Gasteiger partial charge in [0.25, 0.3) is 0 Å². The fourth-order valence-corrected chi connectivity index (χ4v) is 3.73. The van der Waals surface area contributed by atoms with Crippen molar-refractivity contribution >= 4 is 17.2 Å². The molecule has 1 aliphatic carbocycles. The molecule has 0 N–H and O–H groups in total. The van der Waals surface area contributed by atoms with Gasteiger partial charge in [0.2, 0.25) is 5.79 Å². The summed E-state index contributed by atoms with van der Waals surface area (Å²) in [6.45, 7) is 4.68. The van der Waals surface area contributed by atoms with Crippen molar-refractivity contribution in [2.45, 2.75) is 44.0 Å². The molecule has 2 fully saturated rings. The Labute approximate surface area is 159 Å². The van der Waals surface area contributed by atoms with Crippen molar-refractivity contribution < 1.29 is 14.5 Å². The molecule has 0 aromatic heterocycles. The van der Waals surface area contributed by atoms with Gasteiger partial charge in [0.1, 0.15) is 6.10 Å². The first-order valence-electron chi connectivity index (χ1n) is 9.19. The molecule has 1 aliphatic heterocycles. The molecule has 1 atom stereocenters. The minimum Gasteiger partial charge on any atom is -0.344 e. The highest BCUT2D eigenvalue weighted by atomic mass is 35.5. The molecule has 1 spiro atoms. The van der Waals surface area contributed by atoms with E-state index in [1.54, 1.807) is 0 Å². The van der Waals surface area contributed by atoms with Crippen LogP contribution in [0.2, 0.25) is 5.02 Å². The number of ether oxygens (including phenoxy) is 1. The van der Waals surface area contributed by atoms with Gasteiger partial charge in [-0.25, -0.2) is 9.78 Å². The minimum absolute atomic E-state index is 0.274. The highest BCUT2D eigenvalue weighted by Crippen LogP contribution is 2.37. The Bertz CT molecular complexity index is 751. The Morgan fingerprint density at radius 1 is 0.923 bits per heavy atom. The molecule has 0 radical (unpaired) electrons. The van der Waals surface area contributed by atoms with Crippen LogP contribution in [0.3, 0.4) is 0 Å². The average molecular weight is 371 g/mol. The highest BCUT2D eigenvalue weighted by molar-refractivity contribution is 6.30. The van der Waals surface area contributed by atoms with Crippen molar-refractivity contribution in [2.24, 2.45) is 0 Å². The van der Waals surface area contributed by atoms with Crippen LogP contribution in [0.4, 0.5) is 0 Å². The number of hydrogen-bond acceptors (Lipinski definition) is 3. The lowest BCUT2D eigenvalue weighted by Gasteiger charge is -2.41. The first kappa shape index (κ1) is 17.7. The van der Waals surface area contributed by atoms with E-state index in [2.05, 4.69) is 30.8 Å². The van der Waals surface area contributed by atoms with E-state index >= 15 is 0 Å². The quantitative estimate of drug-likeness (QED) is 0.617. The Morgan fingerprint density at radius 2 is 1.54 bits per heavy atom. The number of benzene rings is 2. The predicted molar refractivity (Wildman–Crippen MR) is 104 cm³/mol. The zero-order chi connectivity index (χ0) is 18.0. The van der Waals surface area contributed by atoms with Gasteiger partial charge in [0.05, 0.1) is 6.61 Å². The van der Waals surface area contributed by atoms with Crippen molar-refractivity contribution in [1.82, 2.24) is 0 Å². The molecule has 0 amide bonds. The molecule has 26 heavy (non-hydrogen) atoms. The molecule has 1 unspecified atom stereocenters. The van der Waals surface area contributed by atoms with Gasteiger partial charge in [-0.3, -0.25) is 0 Å². The Balaban J connectivity index is 1.41. The third-order valence-electron chi connectivity index (χ3n) is 5.25. The monoisotopic (exact) mass is 370 g/mol. The lowest BCUT2D eigenvalue weighted by molar-refractivity contribution is -0.483. The third kappa shape index (κ3) is 3.72. The first-order chi connectivity index (χ1) is 12.7. The number of rotatable bonds is 3. The van der Waals surface area contributed by atoms with Crippen LogP contribution >= 0.6 is 11.6 Å². The van der Waals surface area contributed by atoms with Gasteiger partial charge in [-0.2, -0.15) is 0 Å². The summed E-state index contributed by atoms with van der Waals surface area (Å²) in [6.07, 6.45) is 5.03. The van der Waals surface area contributed by atoms with Gasteiger partial charge in [-0.05, 0) is 47.2 Å². The second-order valence-corrected chi connectivity index (χ2v) is 7.50. The van der Waals surface area contributed by atoms with Gasteiger partial charge in [-0.15, -0.1) is 0 Å². The molecule has 4 heteroatoms. The predicted octanol–water partition coefficient (Wildman–Crippen LogP) is 6.03. The Morgan fingerprint density at radius 3 is 2.12 bits per heavy atom. The summed E-state index contributed by atoms with van der Waals surface area (Å²) < 4.78 is 6.05. The van der Waals surface area contributed by atoms with Gasteiger partial charge >= 0.3 is 0 Å². The van der Waals surface area contributed by atoms with E-state index < -0.39 is 5.79 Å². The standard InChI is InChI=1S/C22H23ClO3/c1-16(21-15-24-22(26-25-21)13-3-2-4-14-22)17-5-7-18(8-6-17)19-9-11-20(23)12-10-19/h5-12,21H,1-4,13-15H2. The molecule has 2 aromatic rings. The van der Waals surface area contributed by atoms with E-state index in [1.807, 2.05) is 24.3 Å². The molecule has 1 saturated heterocycles. The van der Waals surface area contributed by atoms with E-state index in [0.717, 1.165) is 53.0 Å². The molecule has 2 aromatic carbocycles. The fraction of sp³-hybridized carbons (Fsp3) is 0.364. The maximum Gasteiger partial charge on any atom is 0.201 e. The summed E-state index contributed by atoms with van der Waals surface area (Å²) in [5, 5.41) is 0.740. The van der Waals surface area contributed by atoms with Crippen LogP contribution in [0.1, 0.15) is 37.7 Å². The van der Waals surface area contributed by atoms with Crippen LogP contribution in [0, 0.1) is 0 Å². The lowest BCUT2D eigenvalue weighted by atomic mass is 9.93. The molecule has 1 saturated carbocycles. The lowest BCUT2D eigenvalue weighted by Crippen LogP contribution is -2.46. The van der Waals surface area contributed by atoms with Crippen LogP contribution in [-0.2, 0) is 14.5 Å². The van der Waals surface area contributed by atoms with Crippen molar-refractivity contribution in [3.8, 4) is 11.1 Å². The topological polar surface area (TPSA) is 27.7 Å². The van der Waals surface area contributed by atoms with Crippen LogP contribution < -0.4 is 0 Å². The molecule has 1 heterocycles. The first-order valence-corrected chi connectivity index (χ1v) is 9.57. The molecule has 4 rings (SSSR count). The Kier molecular flexibility index (Phi) is 5.14. The van der Waals surface area contributed by atoms with E-state index in [4.69, 9.17) is 26.1 Å².